The molecule has 0 atom stereocenters. The highest BCUT2D eigenvalue weighted by Gasteiger charge is 2.30. The van der Waals surface area contributed by atoms with Crippen LogP contribution in [-0.2, 0) is 17.1 Å². The molecule has 150 valence electrons. The number of nitriles is 1. The lowest BCUT2D eigenvalue weighted by atomic mass is 10.1. The van der Waals surface area contributed by atoms with Gasteiger partial charge in [0.1, 0.15) is 23.3 Å². The van der Waals surface area contributed by atoms with Crippen molar-refractivity contribution >= 4 is 38.0 Å². The summed E-state index contributed by atoms with van der Waals surface area (Å²) in [6.45, 7) is 0.523. The van der Waals surface area contributed by atoms with Crippen molar-refractivity contribution in [2.24, 2.45) is 7.05 Å². The van der Waals surface area contributed by atoms with E-state index in [1.807, 2.05) is 47.5 Å². The van der Waals surface area contributed by atoms with Gasteiger partial charge in [-0.1, -0.05) is 6.07 Å². The lowest BCUT2D eigenvalue weighted by molar-refractivity contribution is 0.316. The highest BCUT2D eigenvalue weighted by Crippen LogP contribution is 2.39. The number of aromatic nitrogens is 1. The maximum Gasteiger partial charge on any atom is 0.264 e. The molecule has 0 spiro atoms. The smallest absolute Gasteiger partial charge is 0.264 e. The number of sulfonamides is 1. The van der Waals surface area contributed by atoms with Crippen molar-refractivity contribution in [3.63, 3.8) is 0 Å². The fourth-order valence-electron chi connectivity index (χ4n) is 3.72. The number of rotatable bonds is 3. The normalized spacial score (nSPS) is 13.7. The molecule has 1 aliphatic rings. The number of benzene rings is 2. The molecule has 5 rings (SSSR count). The lowest BCUT2D eigenvalue weighted by Crippen LogP contribution is -2.37. The predicted octanol–water partition coefficient (Wildman–Crippen LogP) is 4.37. The van der Waals surface area contributed by atoms with E-state index in [9.17, 15) is 8.42 Å². The number of nitrogens with zero attached hydrogens (tertiary/aromatic N) is 3. The third-order valence-electron chi connectivity index (χ3n) is 5.27. The van der Waals surface area contributed by atoms with Crippen LogP contribution in [0.15, 0.2) is 65.0 Å². The van der Waals surface area contributed by atoms with Crippen molar-refractivity contribution in [3.8, 4) is 22.9 Å². The Morgan fingerprint density at radius 3 is 2.77 bits per heavy atom. The van der Waals surface area contributed by atoms with Crippen LogP contribution in [0.5, 0.6) is 5.75 Å². The Balaban J connectivity index is 1.60. The second-order valence-corrected chi connectivity index (χ2v) is 9.84. The summed E-state index contributed by atoms with van der Waals surface area (Å²) >= 11 is 1.36. The molecular weight excluding hydrogens is 418 g/mol. The van der Waals surface area contributed by atoms with Gasteiger partial charge in [0, 0.05) is 24.1 Å². The van der Waals surface area contributed by atoms with E-state index in [-0.39, 0.29) is 18.0 Å². The molecule has 2 aromatic heterocycles. The number of thiophene rings is 1. The molecule has 8 heteroatoms. The Morgan fingerprint density at radius 2 is 1.97 bits per heavy atom. The van der Waals surface area contributed by atoms with Crippen molar-refractivity contribution in [1.82, 2.24) is 4.57 Å². The molecule has 1 aliphatic heterocycles. The van der Waals surface area contributed by atoms with Crippen molar-refractivity contribution in [2.45, 2.75) is 4.90 Å². The number of anilines is 1. The van der Waals surface area contributed by atoms with E-state index in [4.69, 9.17) is 10.00 Å². The fraction of sp³-hybridized carbons (Fsp3) is 0.136. The number of hydrogen-bond acceptors (Lipinski definition) is 5. The van der Waals surface area contributed by atoms with E-state index in [2.05, 4.69) is 6.07 Å². The standard InChI is InChI=1S/C22H17N3O3S2/c1-24-7-6-16-11-19(3-4-20(16)24)30(26,27)25-8-9-28-22-5-2-15(12-21(22)25)17-10-18(13-23)29-14-17/h2-7,10-12,14H,8-9H2,1H3. The maximum absolute atomic E-state index is 13.5. The van der Waals surface area contributed by atoms with E-state index in [0.29, 0.717) is 16.3 Å². The van der Waals surface area contributed by atoms with Crippen molar-refractivity contribution < 1.29 is 13.2 Å². The van der Waals surface area contributed by atoms with Crippen molar-refractivity contribution in [1.29, 1.82) is 5.26 Å². The molecular formula is C22H17N3O3S2. The van der Waals surface area contributed by atoms with E-state index < -0.39 is 10.0 Å². The number of aryl methyl sites for hydroxylation is 1. The highest BCUT2D eigenvalue weighted by atomic mass is 32.2. The second-order valence-electron chi connectivity index (χ2n) is 7.07. The largest absolute Gasteiger partial charge is 0.489 e. The minimum atomic E-state index is -3.76. The summed E-state index contributed by atoms with van der Waals surface area (Å²) in [5, 5.41) is 11.9. The topological polar surface area (TPSA) is 75.3 Å². The molecule has 6 nitrogen and oxygen atoms in total. The SMILES string of the molecule is Cn1ccc2cc(S(=O)(=O)N3CCOc4ccc(-c5csc(C#N)c5)cc43)ccc21. The van der Waals surface area contributed by atoms with Gasteiger partial charge in [0.15, 0.2) is 0 Å². The van der Waals surface area contributed by atoms with Gasteiger partial charge >= 0.3 is 0 Å². The summed E-state index contributed by atoms with van der Waals surface area (Å²) in [5.74, 6) is 0.533. The summed E-state index contributed by atoms with van der Waals surface area (Å²) in [5.41, 5.74) is 3.21. The van der Waals surface area contributed by atoms with E-state index in [1.54, 1.807) is 24.3 Å². The van der Waals surface area contributed by atoms with Gasteiger partial charge < -0.3 is 9.30 Å². The molecule has 2 aromatic carbocycles. The van der Waals surface area contributed by atoms with Crippen LogP contribution >= 0.6 is 11.3 Å². The van der Waals surface area contributed by atoms with E-state index >= 15 is 0 Å². The fourth-order valence-corrected chi connectivity index (χ4v) is 5.91. The van der Waals surface area contributed by atoms with Crippen LogP contribution in [0.1, 0.15) is 4.88 Å². The zero-order chi connectivity index (χ0) is 20.9. The molecule has 0 fully saturated rings. The summed E-state index contributed by atoms with van der Waals surface area (Å²) in [6.07, 6.45) is 1.91. The van der Waals surface area contributed by atoms with Gasteiger partial charge in [-0.3, -0.25) is 4.31 Å². The Bertz CT molecular complexity index is 1430. The third-order valence-corrected chi connectivity index (χ3v) is 7.91. The number of fused-ring (bicyclic) bond motifs is 2. The summed E-state index contributed by atoms with van der Waals surface area (Å²) in [7, 11) is -1.83. The summed E-state index contributed by atoms with van der Waals surface area (Å²) in [4.78, 5) is 0.862. The molecule has 0 radical (unpaired) electrons. The van der Waals surface area contributed by atoms with Crippen LogP contribution in [0.3, 0.4) is 0 Å². The molecule has 0 N–H and O–H groups in total. The molecule has 4 aromatic rings. The van der Waals surface area contributed by atoms with Gasteiger partial charge in [-0.2, -0.15) is 5.26 Å². The third kappa shape index (κ3) is 2.95. The lowest BCUT2D eigenvalue weighted by Gasteiger charge is -2.31. The van der Waals surface area contributed by atoms with Crippen LogP contribution < -0.4 is 9.04 Å². The van der Waals surface area contributed by atoms with Gasteiger partial charge in [0.25, 0.3) is 10.0 Å². The first kappa shape index (κ1) is 18.7. The quantitative estimate of drug-likeness (QED) is 0.479. The van der Waals surface area contributed by atoms with E-state index in [1.165, 1.54) is 15.6 Å². The zero-order valence-corrected chi connectivity index (χ0v) is 17.7. The van der Waals surface area contributed by atoms with Gasteiger partial charge in [-0.15, -0.1) is 11.3 Å². The monoisotopic (exact) mass is 435 g/mol. The second kappa shape index (κ2) is 6.90. The minimum absolute atomic E-state index is 0.235. The molecule has 0 amide bonds. The number of hydrogen-bond donors (Lipinski definition) is 0. The van der Waals surface area contributed by atoms with Crippen LogP contribution in [0.4, 0.5) is 5.69 Å². The van der Waals surface area contributed by atoms with Crippen molar-refractivity contribution in [3.05, 3.63) is 65.0 Å². The number of ether oxygens (including phenoxy) is 1. The Hall–Kier alpha value is -3.28. The van der Waals surface area contributed by atoms with Crippen LogP contribution in [0, 0.1) is 11.3 Å². The molecule has 0 unspecified atom stereocenters. The van der Waals surface area contributed by atoms with Gasteiger partial charge in [-0.25, -0.2) is 8.42 Å². The summed E-state index contributed by atoms with van der Waals surface area (Å²) in [6, 6.07) is 16.5. The first-order chi connectivity index (χ1) is 14.5. The van der Waals surface area contributed by atoms with Crippen LogP contribution in [-0.4, -0.2) is 26.1 Å². The minimum Gasteiger partial charge on any atom is -0.489 e. The van der Waals surface area contributed by atoms with Gasteiger partial charge in [0.2, 0.25) is 0 Å². The van der Waals surface area contributed by atoms with Crippen molar-refractivity contribution in [2.75, 3.05) is 17.5 Å². The van der Waals surface area contributed by atoms with Gasteiger partial charge in [0.05, 0.1) is 17.1 Å². The average molecular weight is 436 g/mol. The first-order valence-electron chi connectivity index (χ1n) is 9.31. The first-order valence-corrected chi connectivity index (χ1v) is 11.6. The van der Waals surface area contributed by atoms with E-state index in [0.717, 1.165) is 22.0 Å². The molecule has 0 bridgehead atoms. The van der Waals surface area contributed by atoms with Crippen LogP contribution in [0.25, 0.3) is 22.0 Å². The van der Waals surface area contributed by atoms with Gasteiger partial charge in [-0.05, 0) is 59.0 Å². The highest BCUT2D eigenvalue weighted by molar-refractivity contribution is 7.92. The zero-order valence-electron chi connectivity index (χ0n) is 16.1. The Kier molecular flexibility index (Phi) is 4.31. The maximum atomic E-state index is 13.5. The molecule has 0 saturated carbocycles. The predicted molar refractivity (Wildman–Crippen MR) is 117 cm³/mol. The molecule has 3 heterocycles. The molecule has 30 heavy (non-hydrogen) atoms. The Morgan fingerprint density at radius 1 is 1.10 bits per heavy atom. The van der Waals surface area contributed by atoms with Crippen LogP contribution in [0.2, 0.25) is 0 Å². The molecule has 0 aliphatic carbocycles. The Labute approximate surface area is 178 Å². The molecule has 0 saturated heterocycles. The average Bonchev–Trinajstić information content (AvgIpc) is 3.39. The summed E-state index contributed by atoms with van der Waals surface area (Å²) < 4.78 is 36.1.